The summed E-state index contributed by atoms with van der Waals surface area (Å²) in [5.74, 6) is 0.730. The van der Waals surface area contributed by atoms with E-state index < -0.39 is 0 Å². The Hall–Kier alpha value is -1.35. The molecule has 0 amide bonds. The largest absolute Gasteiger partial charge is 0.392 e. The van der Waals surface area contributed by atoms with Crippen LogP contribution in [0.25, 0.3) is 0 Å². The number of oxime groups is 1. The molecule has 0 spiro atoms. The second kappa shape index (κ2) is 5.53. The molecular formula is C15H21NO2. The lowest BCUT2D eigenvalue weighted by Crippen LogP contribution is -2.26. The van der Waals surface area contributed by atoms with Crippen LogP contribution in [0.3, 0.4) is 0 Å². The fourth-order valence-corrected chi connectivity index (χ4v) is 2.36. The Morgan fingerprint density at radius 2 is 1.94 bits per heavy atom. The van der Waals surface area contributed by atoms with Gasteiger partial charge in [-0.05, 0) is 23.5 Å². The Kier molecular flexibility index (Phi) is 4.02. The fraction of sp³-hybridized carbons (Fsp3) is 0.533. The van der Waals surface area contributed by atoms with Gasteiger partial charge in [0.1, 0.15) is 0 Å². The van der Waals surface area contributed by atoms with Gasteiger partial charge in [0.25, 0.3) is 0 Å². The maximum Gasteiger partial charge on any atom is 0.158 e. The van der Waals surface area contributed by atoms with Crippen molar-refractivity contribution in [3.05, 3.63) is 35.4 Å². The third kappa shape index (κ3) is 2.41. The van der Waals surface area contributed by atoms with Gasteiger partial charge in [0.05, 0.1) is 12.3 Å². The first kappa shape index (κ1) is 13.1. The first-order valence-electron chi connectivity index (χ1n) is 6.62. The van der Waals surface area contributed by atoms with Gasteiger partial charge in [-0.15, -0.1) is 0 Å². The molecule has 1 aromatic rings. The van der Waals surface area contributed by atoms with Crippen LogP contribution in [-0.2, 0) is 4.84 Å². The standard InChI is InChI=1S/C15H21NO2/c1-4-13-14(9-17)18-16-15(13)12-7-5-11(6-8-12)10(2)3/h5-8,10,13-14,17H,4,9H2,1-3H3/t13-,14+/m1/s1. The van der Waals surface area contributed by atoms with E-state index in [2.05, 4.69) is 50.2 Å². The van der Waals surface area contributed by atoms with Gasteiger partial charge in [-0.1, -0.05) is 50.2 Å². The third-order valence-corrected chi connectivity index (χ3v) is 3.58. The maximum absolute atomic E-state index is 9.25. The lowest BCUT2D eigenvalue weighted by Gasteiger charge is -2.15. The van der Waals surface area contributed by atoms with Crippen LogP contribution < -0.4 is 0 Å². The normalized spacial score (nSPS) is 23.1. The molecule has 18 heavy (non-hydrogen) atoms. The average molecular weight is 247 g/mol. The molecule has 0 saturated carbocycles. The van der Waals surface area contributed by atoms with Crippen LogP contribution in [-0.4, -0.2) is 23.5 Å². The minimum absolute atomic E-state index is 0.0234. The Morgan fingerprint density at radius 1 is 1.28 bits per heavy atom. The number of hydrogen-bond acceptors (Lipinski definition) is 3. The third-order valence-electron chi connectivity index (χ3n) is 3.58. The van der Waals surface area contributed by atoms with Crippen LogP contribution in [0.4, 0.5) is 0 Å². The monoisotopic (exact) mass is 247 g/mol. The van der Waals surface area contributed by atoms with E-state index in [1.54, 1.807) is 0 Å². The highest BCUT2D eigenvalue weighted by Gasteiger charge is 2.32. The smallest absolute Gasteiger partial charge is 0.158 e. The Balaban J connectivity index is 2.21. The van der Waals surface area contributed by atoms with Gasteiger partial charge in [0.2, 0.25) is 0 Å². The Labute approximate surface area is 108 Å². The topological polar surface area (TPSA) is 41.8 Å². The van der Waals surface area contributed by atoms with E-state index in [0.29, 0.717) is 5.92 Å². The summed E-state index contributed by atoms with van der Waals surface area (Å²) in [5.41, 5.74) is 3.39. The zero-order valence-corrected chi connectivity index (χ0v) is 11.3. The average Bonchev–Trinajstić information content (AvgIpc) is 2.81. The number of hydrogen-bond donors (Lipinski definition) is 1. The fourth-order valence-electron chi connectivity index (χ4n) is 2.36. The Bertz CT molecular complexity index is 423. The maximum atomic E-state index is 9.25. The van der Waals surface area contributed by atoms with E-state index in [1.165, 1.54) is 5.56 Å². The molecule has 1 aliphatic rings. The van der Waals surface area contributed by atoms with Crippen molar-refractivity contribution in [3.8, 4) is 0 Å². The van der Waals surface area contributed by atoms with Gasteiger partial charge >= 0.3 is 0 Å². The van der Waals surface area contributed by atoms with Gasteiger partial charge in [-0.25, -0.2) is 0 Å². The quantitative estimate of drug-likeness (QED) is 0.888. The van der Waals surface area contributed by atoms with E-state index in [9.17, 15) is 5.11 Å². The van der Waals surface area contributed by atoms with Crippen molar-refractivity contribution in [2.75, 3.05) is 6.61 Å². The highest BCUT2D eigenvalue weighted by molar-refractivity contribution is 6.03. The summed E-state index contributed by atoms with van der Waals surface area (Å²) in [6.45, 7) is 6.49. The summed E-state index contributed by atoms with van der Waals surface area (Å²) in [7, 11) is 0. The summed E-state index contributed by atoms with van der Waals surface area (Å²) in [5, 5.41) is 13.4. The SMILES string of the molecule is CC[C@H]1C(c2ccc(C(C)C)cc2)=NO[C@H]1CO. The molecule has 0 bridgehead atoms. The molecule has 0 radical (unpaired) electrons. The molecule has 2 atom stereocenters. The molecular weight excluding hydrogens is 226 g/mol. The molecule has 1 N–H and O–H groups in total. The zero-order valence-electron chi connectivity index (χ0n) is 11.3. The molecule has 0 saturated heterocycles. The molecule has 3 nitrogen and oxygen atoms in total. The highest BCUT2D eigenvalue weighted by atomic mass is 16.6. The predicted octanol–water partition coefficient (Wildman–Crippen LogP) is 2.93. The van der Waals surface area contributed by atoms with E-state index in [1.807, 2.05) is 0 Å². The van der Waals surface area contributed by atoms with Crippen molar-refractivity contribution < 1.29 is 9.94 Å². The van der Waals surface area contributed by atoms with E-state index in [4.69, 9.17) is 4.84 Å². The zero-order chi connectivity index (χ0) is 13.1. The second-order valence-electron chi connectivity index (χ2n) is 5.09. The summed E-state index contributed by atoms with van der Waals surface area (Å²) in [6, 6.07) is 8.48. The van der Waals surface area contributed by atoms with Gasteiger partial charge in [0, 0.05) is 5.92 Å². The van der Waals surface area contributed by atoms with Crippen molar-refractivity contribution in [1.82, 2.24) is 0 Å². The summed E-state index contributed by atoms with van der Waals surface area (Å²) in [6.07, 6.45) is 0.741. The van der Waals surface area contributed by atoms with Crippen LogP contribution in [0, 0.1) is 5.92 Å². The lowest BCUT2D eigenvalue weighted by molar-refractivity contribution is 0.0172. The molecule has 3 heteroatoms. The van der Waals surface area contributed by atoms with Gasteiger partial charge < -0.3 is 9.94 Å². The minimum atomic E-state index is -0.185. The van der Waals surface area contributed by atoms with Crippen molar-refractivity contribution in [1.29, 1.82) is 0 Å². The molecule has 1 heterocycles. The predicted molar refractivity (Wildman–Crippen MR) is 72.8 cm³/mol. The number of nitrogens with zero attached hydrogens (tertiary/aromatic N) is 1. The van der Waals surface area contributed by atoms with Crippen molar-refractivity contribution in [2.24, 2.45) is 11.1 Å². The molecule has 1 aliphatic heterocycles. The second-order valence-corrected chi connectivity index (χ2v) is 5.09. The minimum Gasteiger partial charge on any atom is -0.392 e. The van der Waals surface area contributed by atoms with Crippen LogP contribution in [0.2, 0.25) is 0 Å². The molecule has 0 aromatic heterocycles. The number of aliphatic hydroxyl groups excluding tert-OH is 1. The van der Waals surface area contributed by atoms with Crippen LogP contribution in [0.15, 0.2) is 29.4 Å². The first-order chi connectivity index (χ1) is 8.67. The summed E-state index contributed by atoms with van der Waals surface area (Å²) >= 11 is 0. The number of rotatable bonds is 4. The number of benzene rings is 1. The van der Waals surface area contributed by atoms with Crippen molar-refractivity contribution in [2.45, 2.75) is 39.2 Å². The van der Waals surface area contributed by atoms with Gasteiger partial charge in [-0.3, -0.25) is 0 Å². The molecule has 0 aliphatic carbocycles. The molecule has 98 valence electrons. The highest BCUT2D eigenvalue weighted by Crippen LogP contribution is 2.26. The first-order valence-corrected chi connectivity index (χ1v) is 6.62. The lowest BCUT2D eigenvalue weighted by atomic mass is 9.89. The summed E-state index contributed by atoms with van der Waals surface area (Å²) in [4.78, 5) is 5.29. The van der Waals surface area contributed by atoms with Gasteiger partial charge in [-0.2, -0.15) is 0 Å². The number of aliphatic hydroxyl groups is 1. The van der Waals surface area contributed by atoms with Crippen molar-refractivity contribution >= 4 is 5.71 Å². The van der Waals surface area contributed by atoms with E-state index in [-0.39, 0.29) is 18.6 Å². The van der Waals surface area contributed by atoms with Crippen LogP contribution >= 0.6 is 0 Å². The van der Waals surface area contributed by atoms with E-state index >= 15 is 0 Å². The Morgan fingerprint density at radius 3 is 2.44 bits per heavy atom. The van der Waals surface area contributed by atoms with Crippen molar-refractivity contribution in [3.63, 3.8) is 0 Å². The van der Waals surface area contributed by atoms with Crippen LogP contribution in [0.5, 0.6) is 0 Å². The molecule has 0 unspecified atom stereocenters. The molecule has 2 rings (SSSR count). The molecule has 1 aromatic carbocycles. The van der Waals surface area contributed by atoms with Crippen LogP contribution in [0.1, 0.15) is 44.2 Å². The molecule has 0 fully saturated rings. The van der Waals surface area contributed by atoms with E-state index in [0.717, 1.165) is 17.7 Å². The summed E-state index contributed by atoms with van der Waals surface area (Å²) < 4.78 is 0. The van der Waals surface area contributed by atoms with Gasteiger partial charge in [0.15, 0.2) is 6.10 Å².